The SMILES string of the molecule is CCc1nn(CC)c(COC2CCCC(C)C2)c1Br. The van der Waals surface area contributed by atoms with Crippen molar-refractivity contribution in [3.05, 3.63) is 15.9 Å². The number of hydrogen-bond donors (Lipinski definition) is 0. The molecule has 0 bridgehead atoms. The van der Waals surface area contributed by atoms with Crippen LogP contribution < -0.4 is 0 Å². The summed E-state index contributed by atoms with van der Waals surface area (Å²) in [6, 6.07) is 0. The second-order valence-electron chi connectivity index (χ2n) is 5.58. The molecule has 1 aliphatic carbocycles. The number of aromatic nitrogens is 2. The number of nitrogens with zero attached hydrogens (tertiary/aromatic N) is 2. The van der Waals surface area contributed by atoms with Gasteiger partial charge in [0.2, 0.25) is 0 Å². The first kappa shape index (κ1) is 15.0. The van der Waals surface area contributed by atoms with E-state index < -0.39 is 0 Å². The van der Waals surface area contributed by atoms with E-state index >= 15 is 0 Å². The van der Waals surface area contributed by atoms with E-state index in [1.165, 1.54) is 31.4 Å². The largest absolute Gasteiger partial charge is 0.372 e. The van der Waals surface area contributed by atoms with Gasteiger partial charge in [0.15, 0.2) is 0 Å². The maximum absolute atomic E-state index is 6.13. The van der Waals surface area contributed by atoms with E-state index in [-0.39, 0.29) is 0 Å². The van der Waals surface area contributed by atoms with Crippen LogP contribution in [-0.2, 0) is 24.3 Å². The first-order valence-electron chi connectivity index (χ1n) is 7.51. The van der Waals surface area contributed by atoms with Gasteiger partial charge in [0.1, 0.15) is 0 Å². The summed E-state index contributed by atoms with van der Waals surface area (Å²) in [5, 5.41) is 4.62. The molecule has 1 heterocycles. The van der Waals surface area contributed by atoms with Crippen LogP contribution in [-0.4, -0.2) is 15.9 Å². The molecule has 19 heavy (non-hydrogen) atoms. The molecular formula is C15H25BrN2O. The molecule has 1 aromatic rings. The Bertz CT molecular complexity index is 417. The van der Waals surface area contributed by atoms with Crippen LogP contribution in [0.4, 0.5) is 0 Å². The van der Waals surface area contributed by atoms with Crippen molar-refractivity contribution in [1.82, 2.24) is 9.78 Å². The van der Waals surface area contributed by atoms with Crippen LogP contribution in [0.25, 0.3) is 0 Å². The second-order valence-corrected chi connectivity index (χ2v) is 6.37. The van der Waals surface area contributed by atoms with Crippen molar-refractivity contribution in [2.75, 3.05) is 0 Å². The zero-order valence-corrected chi connectivity index (χ0v) is 13.9. The molecule has 0 amide bonds. The van der Waals surface area contributed by atoms with Gasteiger partial charge < -0.3 is 4.74 Å². The quantitative estimate of drug-likeness (QED) is 0.804. The van der Waals surface area contributed by atoms with Crippen LogP contribution in [0.5, 0.6) is 0 Å². The van der Waals surface area contributed by atoms with Gasteiger partial charge >= 0.3 is 0 Å². The number of halogens is 1. The minimum atomic E-state index is 0.431. The van der Waals surface area contributed by atoms with E-state index in [0.29, 0.717) is 12.7 Å². The van der Waals surface area contributed by atoms with Crippen molar-refractivity contribution in [2.45, 2.75) is 72.1 Å². The van der Waals surface area contributed by atoms with Gasteiger partial charge in [-0.2, -0.15) is 5.10 Å². The Morgan fingerprint density at radius 3 is 2.79 bits per heavy atom. The van der Waals surface area contributed by atoms with Gasteiger partial charge in [-0.25, -0.2) is 0 Å². The molecule has 0 spiro atoms. The van der Waals surface area contributed by atoms with Gasteiger partial charge in [-0.15, -0.1) is 0 Å². The third kappa shape index (κ3) is 3.60. The fourth-order valence-corrected chi connectivity index (χ4v) is 3.56. The van der Waals surface area contributed by atoms with E-state index in [4.69, 9.17) is 4.74 Å². The third-order valence-electron chi connectivity index (χ3n) is 4.04. The highest BCUT2D eigenvalue weighted by molar-refractivity contribution is 9.10. The summed E-state index contributed by atoms with van der Waals surface area (Å²) in [6.07, 6.45) is 6.47. The fraction of sp³-hybridized carbons (Fsp3) is 0.800. The monoisotopic (exact) mass is 328 g/mol. The predicted octanol–water partition coefficient (Wildman–Crippen LogP) is 4.32. The van der Waals surface area contributed by atoms with Crippen LogP contribution in [0.2, 0.25) is 0 Å². The number of rotatable bonds is 5. The van der Waals surface area contributed by atoms with Gasteiger partial charge in [-0.05, 0) is 48.0 Å². The van der Waals surface area contributed by atoms with Crippen molar-refractivity contribution < 1.29 is 4.74 Å². The summed E-state index contributed by atoms with van der Waals surface area (Å²) < 4.78 is 9.33. The van der Waals surface area contributed by atoms with Gasteiger partial charge in [0, 0.05) is 6.54 Å². The Morgan fingerprint density at radius 1 is 1.37 bits per heavy atom. The van der Waals surface area contributed by atoms with Crippen LogP contribution in [0, 0.1) is 5.92 Å². The summed E-state index contributed by atoms with van der Waals surface area (Å²) in [6.45, 7) is 8.18. The Morgan fingerprint density at radius 2 is 2.16 bits per heavy atom. The molecule has 3 nitrogen and oxygen atoms in total. The average molecular weight is 329 g/mol. The minimum Gasteiger partial charge on any atom is -0.372 e. The lowest BCUT2D eigenvalue weighted by molar-refractivity contribution is 0.00145. The molecule has 0 saturated heterocycles. The van der Waals surface area contributed by atoms with Gasteiger partial charge in [-0.1, -0.05) is 26.7 Å². The first-order valence-corrected chi connectivity index (χ1v) is 8.30. The lowest BCUT2D eigenvalue weighted by Gasteiger charge is -2.26. The molecule has 4 heteroatoms. The van der Waals surface area contributed by atoms with Crippen molar-refractivity contribution in [1.29, 1.82) is 0 Å². The zero-order chi connectivity index (χ0) is 13.8. The highest BCUT2D eigenvalue weighted by Gasteiger charge is 2.21. The predicted molar refractivity (Wildman–Crippen MR) is 81.2 cm³/mol. The second kappa shape index (κ2) is 6.89. The summed E-state index contributed by atoms with van der Waals surface area (Å²) in [7, 11) is 0. The number of hydrogen-bond acceptors (Lipinski definition) is 2. The molecule has 0 aromatic carbocycles. The molecule has 2 atom stereocenters. The summed E-state index contributed by atoms with van der Waals surface area (Å²) in [4.78, 5) is 0. The molecule has 0 aliphatic heterocycles. The molecule has 0 N–H and O–H groups in total. The molecule has 1 aliphatic rings. The zero-order valence-electron chi connectivity index (χ0n) is 12.3. The number of aryl methyl sites for hydroxylation is 2. The summed E-state index contributed by atoms with van der Waals surface area (Å²) >= 11 is 3.68. The maximum Gasteiger partial charge on any atom is 0.0900 e. The number of ether oxygens (including phenoxy) is 1. The van der Waals surface area contributed by atoms with E-state index in [1.807, 2.05) is 0 Å². The Labute approximate surface area is 124 Å². The van der Waals surface area contributed by atoms with E-state index in [0.717, 1.165) is 29.1 Å². The van der Waals surface area contributed by atoms with Gasteiger partial charge in [-0.3, -0.25) is 4.68 Å². The standard InChI is InChI=1S/C15H25BrN2O/c1-4-13-15(16)14(18(5-2)17-13)10-19-12-8-6-7-11(3)9-12/h11-12H,4-10H2,1-3H3. The Balaban J connectivity index is 2.00. The van der Waals surface area contributed by atoms with Crippen molar-refractivity contribution in [2.24, 2.45) is 5.92 Å². The Kier molecular flexibility index (Phi) is 5.46. The topological polar surface area (TPSA) is 27.1 Å². The molecule has 1 saturated carbocycles. The molecule has 2 rings (SSSR count). The minimum absolute atomic E-state index is 0.431. The lowest BCUT2D eigenvalue weighted by atomic mass is 9.89. The van der Waals surface area contributed by atoms with Crippen molar-refractivity contribution >= 4 is 15.9 Å². The van der Waals surface area contributed by atoms with E-state index in [2.05, 4.69) is 46.5 Å². The summed E-state index contributed by atoms with van der Waals surface area (Å²) in [5.41, 5.74) is 2.33. The molecule has 1 aromatic heterocycles. The van der Waals surface area contributed by atoms with Gasteiger partial charge in [0.25, 0.3) is 0 Å². The lowest BCUT2D eigenvalue weighted by Crippen LogP contribution is -2.22. The van der Waals surface area contributed by atoms with Crippen LogP contribution in [0.1, 0.15) is 57.8 Å². The molecular weight excluding hydrogens is 304 g/mol. The Hall–Kier alpha value is -0.350. The maximum atomic E-state index is 6.13. The third-order valence-corrected chi connectivity index (χ3v) is 4.95. The van der Waals surface area contributed by atoms with Crippen LogP contribution >= 0.6 is 15.9 Å². The van der Waals surface area contributed by atoms with Crippen LogP contribution in [0.3, 0.4) is 0 Å². The fourth-order valence-electron chi connectivity index (χ4n) is 2.88. The molecule has 0 radical (unpaired) electrons. The average Bonchev–Trinajstić information content (AvgIpc) is 2.72. The first-order chi connectivity index (χ1) is 9.15. The smallest absolute Gasteiger partial charge is 0.0900 e. The van der Waals surface area contributed by atoms with Crippen LogP contribution in [0.15, 0.2) is 4.47 Å². The van der Waals surface area contributed by atoms with E-state index in [9.17, 15) is 0 Å². The highest BCUT2D eigenvalue weighted by atomic mass is 79.9. The molecule has 1 fully saturated rings. The van der Waals surface area contributed by atoms with Gasteiger partial charge in [0.05, 0.1) is 28.6 Å². The summed E-state index contributed by atoms with van der Waals surface area (Å²) in [5.74, 6) is 0.810. The van der Waals surface area contributed by atoms with Crippen molar-refractivity contribution in [3.8, 4) is 0 Å². The van der Waals surface area contributed by atoms with Crippen molar-refractivity contribution in [3.63, 3.8) is 0 Å². The normalized spacial score (nSPS) is 23.8. The highest BCUT2D eigenvalue weighted by Crippen LogP contribution is 2.28. The molecule has 2 unspecified atom stereocenters. The molecule has 108 valence electrons. The van der Waals surface area contributed by atoms with E-state index in [1.54, 1.807) is 0 Å².